The number of aliphatic carboxylic acids is 1. The molecule has 6 heteroatoms. The summed E-state index contributed by atoms with van der Waals surface area (Å²) in [7, 11) is 0. The van der Waals surface area contributed by atoms with E-state index in [0.717, 1.165) is 48.5 Å². The van der Waals surface area contributed by atoms with Crippen molar-refractivity contribution >= 4 is 40.5 Å². The average molecular weight is 532 g/mol. The number of fused-ring (bicyclic) bond motifs is 2. The standard InChI is InChI=1S/C32H33NO4.ClH/c1-22(27-14-8-11-24-10-3-4-13-28(24)27)9-7-12-26-20-33(29-15-5-6-16-31(29)37-26)25-17-18-30(23(2)19-25)36-21-32(34)35;/h3-6,8,10-11,13-19,22,26H,7,9,12,20-21H2,1-2H3,(H,34,35);1H/t22-,26?;/m0./s1. The zero-order chi connectivity index (χ0) is 25.8. The van der Waals surface area contributed by atoms with Gasteiger partial charge in [0, 0.05) is 5.69 Å². The molecule has 198 valence electrons. The quantitative estimate of drug-likeness (QED) is 0.238. The molecule has 0 aliphatic carbocycles. The Labute approximate surface area is 230 Å². The summed E-state index contributed by atoms with van der Waals surface area (Å²) in [5.74, 6) is 0.971. The van der Waals surface area contributed by atoms with E-state index in [2.05, 4.69) is 66.4 Å². The number of anilines is 2. The van der Waals surface area contributed by atoms with Crippen LogP contribution in [0.1, 0.15) is 43.2 Å². The van der Waals surface area contributed by atoms with Gasteiger partial charge in [0.1, 0.15) is 17.6 Å². The molecule has 0 fully saturated rings. The van der Waals surface area contributed by atoms with E-state index in [9.17, 15) is 4.79 Å². The third-order valence-electron chi connectivity index (χ3n) is 7.17. The van der Waals surface area contributed by atoms with Crippen LogP contribution in [0.25, 0.3) is 10.8 Å². The number of carbonyl (C=O) groups is 1. The van der Waals surface area contributed by atoms with Crippen molar-refractivity contribution in [2.45, 2.75) is 45.1 Å². The van der Waals surface area contributed by atoms with Crippen molar-refractivity contribution in [1.82, 2.24) is 0 Å². The Kier molecular flexibility index (Phi) is 8.80. The van der Waals surface area contributed by atoms with Gasteiger partial charge in [-0.1, -0.05) is 61.5 Å². The fourth-order valence-corrected chi connectivity index (χ4v) is 5.28. The predicted octanol–water partition coefficient (Wildman–Crippen LogP) is 7.91. The van der Waals surface area contributed by atoms with Crippen LogP contribution in [0.3, 0.4) is 0 Å². The smallest absolute Gasteiger partial charge is 0.341 e. The Morgan fingerprint density at radius 1 is 1.05 bits per heavy atom. The number of halogens is 1. The highest BCUT2D eigenvalue weighted by Crippen LogP contribution is 2.40. The Morgan fingerprint density at radius 2 is 1.82 bits per heavy atom. The van der Waals surface area contributed by atoms with E-state index in [-0.39, 0.29) is 25.1 Å². The van der Waals surface area contributed by atoms with Crippen molar-refractivity contribution < 1.29 is 19.4 Å². The second kappa shape index (κ2) is 12.2. The van der Waals surface area contributed by atoms with Gasteiger partial charge in [0.05, 0.1) is 12.2 Å². The van der Waals surface area contributed by atoms with Crippen molar-refractivity contribution in [3.05, 3.63) is 96.1 Å². The molecular weight excluding hydrogens is 498 g/mol. The van der Waals surface area contributed by atoms with Gasteiger partial charge in [-0.3, -0.25) is 0 Å². The molecule has 5 rings (SSSR count). The Bertz CT molecular complexity index is 1400. The molecule has 0 saturated carbocycles. The monoisotopic (exact) mass is 531 g/mol. The first-order valence-corrected chi connectivity index (χ1v) is 13.0. The molecule has 4 aromatic carbocycles. The van der Waals surface area contributed by atoms with Gasteiger partial charge in [0.2, 0.25) is 0 Å². The molecule has 1 unspecified atom stereocenters. The number of carboxylic acid groups (broad SMARTS) is 1. The molecule has 38 heavy (non-hydrogen) atoms. The third kappa shape index (κ3) is 6.05. The van der Waals surface area contributed by atoms with Crippen molar-refractivity contribution in [2.24, 2.45) is 0 Å². The maximum absolute atomic E-state index is 10.9. The van der Waals surface area contributed by atoms with Gasteiger partial charge in [0.25, 0.3) is 0 Å². The van der Waals surface area contributed by atoms with Gasteiger partial charge in [-0.05, 0) is 84.3 Å². The zero-order valence-electron chi connectivity index (χ0n) is 21.8. The van der Waals surface area contributed by atoms with Crippen molar-refractivity contribution in [3.63, 3.8) is 0 Å². The summed E-state index contributed by atoms with van der Waals surface area (Å²) in [5.41, 5.74) is 4.41. The zero-order valence-corrected chi connectivity index (χ0v) is 22.6. The summed E-state index contributed by atoms with van der Waals surface area (Å²) in [6.45, 7) is 4.68. The van der Waals surface area contributed by atoms with Crippen LogP contribution in [0.4, 0.5) is 11.4 Å². The van der Waals surface area contributed by atoms with Crippen LogP contribution in [-0.2, 0) is 4.79 Å². The van der Waals surface area contributed by atoms with E-state index in [1.165, 1.54) is 16.3 Å². The van der Waals surface area contributed by atoms with Gasteiger partial charge in [-0.25, -0.2) is 4.79 Å². The summed E-state index contributed by atoms with van der Waals surface area (Å²) >= 11 is 0. The molecule has 0 amide bonds. The summed E-state index contributed by atoms with van der Waals surface area (Å²) in [5, 5.41) is 11.6. The van der Waals surface area contributed by atoms with Gasteiger partial charge in [-0.15, -0.1) is 12.4 Å². The minimum atomic E-state index is -0.983. The summed E-state index contributed by atoms with van der Waals surface area (Å²) in [6.07, 6.45) is 3.23. The summed E-state index contributed by atoms with van der Waals surface area (Å²) in [6, 6.07) is 29.3. The molecule has 0 radical (unpaired) electrons. The Morgan fingerprint density at radius 3 is 2.63 bits per heavy atom. The Hall–Kier alpha value is -3.70. The number of carboxylic acids is 1. The van der Waals surface area contributed by atoms with Crippen molar-refractivity contribution in [2.75, 3.05) is 18.1 Å². The van der Waals surface area contributed by atoms with E-state index in [0.29, 0.717) is 11.7 Å². The molecule has 1 heterocycles. The van der Waals surface area contributed by atoms with Crippen molar-refractivity contribution in [1.29, 1.82) is 0 Å². The highest BCUT2D eigenvalue weighted by Gasteiger charge is 2.27. The second-order valence-corrected chi connectivity index (χ2v) is 9.85. The number of benzene rings is 4. The van der Waals surface area contributed by atoms with E-state index in [1.807, 2.05) is 37.3 Å². The number of hydrogen-bond donors (Lipinski definition) is 1. The lowest BCUT2D eigenvalue weighted by atomic mass is 9.90. The molecule has 0 bridgehead atoms. The first-order chi connectivity index (χ1) is 18.0. The van der Waals surface area contributed by atoms with E-state index in [1.54, 1.807) is 0 Å². The number of nitrogens with zero attached hydrogens (tertiary/aromatic N) is 1. The van der Waals surface area contributed by atoms with Gasteiger partial charge in [0.15, 0.2) is 6.61 Å². The minimum Gasteiger partial charge on any atom is -0.486 e. The molecule has 0 spiro atoms. The molecule has 2 atom stereocenters. The first kappa shape index (κ1) is 27.3. The first-order valence-electron chi connectivity index (χ1n) is 13.0. The Balaban J connectivity index is 0.00000336. The number of para-hydroxylation sites is 2. The summed E-state index contributed by atoms with van der Waals surface area (Å²) in [4.78, 5) is 13.2. The van der Waals surface area contributed by atoms with Crippen LogP contribution in [0.2, 0.25) is 0 Å². The van der Waals surface area contributed by atoms with E-state index < -0.39 is 5.97 Å². The predicted molar refractivity (Wildman–Crippen MR) is 156 cm³/mol. The SMILES string of the molecule is Cc1cc(N2CC(CCC[C@H](C)c3cccc4ccccc34)Oc3ccccc32)ccc1OCC(=O)O.Cl. The topological polar surface area (TPSA) is 59.0 Å². The van der Waals surface area contributed by atoms with E-state index >= 15 is 0 Å². The van der Waals surface area contributed by atoms with Crippen LogP contribution in [0.15, 0.2) is 84.9 Å². The highest BCUT2D eigenvalue weighted by molar-refractivity contribution is 5.86. The van der Waals surface area contributed by atoms with Crippen molar-refractivity contribution in [3.8, 4) is 11.5 Å². The molecular formula is C32H34ClNO4. The lowest BCUT2D eigenvalue weighted by Crippen LogP contribution is -2.37. The normalized spacial score (nSPS) is 15.2. The molecule has 0 aromatic heterocycles. The van der Waals surface area contributed by atoms with E-state index in [4.69, 9.17) is 14.6 Å². The highest BCUT2D eigenvalue weighted by atomic mass is 35.5. The van der Waals surface area contributed by atoms with Gasteiger partial charge >= 0.3 is 5.97 Å². The molecule has 4 aromatic rings. The largest absolute Gasteiger partial charge is 0.486 e. The van der Waals surface area contributed by atoms with Crippen LogP contribution in [-0.4, -0.2) is 30.3 Å². The number of rotatable bonds is 9. The van der Waals surface area contributed by atoms with Gasteiger partial charge < -0.3 is 19.5 Å². The molecule has 5 nitrogen and oxygen atoms in total. The molecule has 1 aliphatic rings. The minimum absolute atomic E-state index is 0. The molecule has 1 N–H and O–H groups in total. The van der Waals surface area contributed by atoms with Crippen LogP contribution >= 0.6 is 12.4 Å². The molecule has 0 saturated heterocycles. The number of ether oxygens (including phenoxy) is 2. The fraction of sp³-hybridized carbons (Fsp3) is 0.281. The van der Waals surface area contributed by atoms with Crippen LogP contribution in [0.5, 0.6) is 11.5 Å². The fourth-order valence-electron chi connectivity index (χ4n) is 5.28. The second-order valence-electron chi connectivity index (χ2n) is 9.85. The van der Waals surface area contributed by atoms with Crippen LogP contribution < -0.4 is 14.4 Å². The molecule has 1 aliphatic heterocycles. The lowest BCUT2D eigenvalue weighted by molar-refractivity contribution is -0.139. The third-order valence-corrected chi connectivity index (χ3v) is 7.17. The summed E-state index contributed by atoms with van der Waals surface area (Å²) < 4.78 is 11.9. The average Bonchev–Trinajstić information content (AvgIpc) is 2.91. The van der Waals surface area contributed by atoms with Gasteiger partial charge in [-0.2, -0.15) is 0 Å². The maximum atomic E-state index is 10.9. The lowest BCUT2D eigenvalue weighted by Gasteiger charge is -2.36. The maximum Gasteiger partial charge on any atom is 0.341 e. The number of hydrogen-bond acceptors (Lipinski definition) is 4. The van der Waals surface area contributed by atoms with Crippen LogP contribution in [0, 0.1) is 6.92 Å². The number of aryl methyl sites for hydroxylation is 1.